The van der Waals surface area contributed by atoms with Crippen molar-refractivity contribution in [2.45, 2.75) is 340 Å². The van der Waals surface area contributed by atoms with Gasteiger partial charge in [-0.25, -0.2) is 0 Å². The molecule has 0 bridgehead atoms. The fourth-order valence-electron chi connectivity index (χ4n) is 10.8. The van der Waals surface area contributed by atoms with Crippen LogP contribution in [0.2, 0.25) is 0 Å². The minimum Gasteiger partial charge on any atom is -0.0651 e. The molecule has 0 heteroatoms. The molecule has 0 nitrogen and oxygen atoms in total. The lowest BCUT2D eigenvalue weighted by atomic mass is 9.72. The molecule has 9 atom stereocenters. The maximum absolute atomic E-state index is 2.37. The van der Waals surface area contributed by atoms with Gasteiger partial charge >= 0.3 is 0 Å². The molecular formula is C72H142. The summed E-state index contributed by atoms with van der Waals surface area (Å²) < 4.78 is 0. The highest BCUT2D eigenvalue weighted by Gasteiger charge is 2.59. The van der Waals surface area contributed by atoms with E-state index >= 15 is 0 Å². The summed E-state index contributed by atoms with van der Waals surface area (Å²) in [6.45, 7) is 57.9. The summed E-state index contributed by atoms with van der Waals surface area (Å²) in [4.78, 5) is 0. The highest BCUT2D eigenvalue weighted by atomic mass is 14.6. The smallest absolute Gasteiger partial charge is 0.0268 e. The molecule has 0 radical (unpaired) electrons. The molecule has 13 aliphatic rings. The number of hydrogen-bond donors (Lipinski definition) is 0. The zero-order chi connectivity index (χ0) is 55.0. The normalized spacial score (nSPS) is 38.6. The lowest BCUT2D eigenvalue weighted by Crippen LogP contribution is -2.20. The van der Waals surface area contributed by atoms with E-state index in [0.717, 1.165) is 110 Å². The summed E-state index contributed by atoms with van der Waals surface area (Å²) in [7, 11) is 0. The van der Waals surface area contributed by atoms with Gasteiger partial charge in [0, 0.05) is 0 Å². The fourth-order valence-corrected chi connectivity index (χ4v) is 10.8. The standard InChI is InChI=1S/C6H10.11C6H12/c1-5-4-6(5)2-3-6;2*1-5-4-6(5,2)3;1-5-3-6(2)4-5;1-6(2)4-3-5-6;1-5-3-4-6(5)2;1-4-5(2)6(4)3;2*1-3-6(2)4-5-6;2*1-3-6-4-5(6)2;1-2-6-4-3-5-6/h5H,2-4H2,1H3;2*5H,4H2,1-3H3;5-6H,3-4H2,1-2H3;3-5H2,1-2H3;5-6H,3-4H2,1-2H3;4-6H,1-3H3;2*3-5H2,1-2H3;2*5-6H,3-4H2,1-2H3;6H,2-5H2,1H3/t2*5-;;;;5-,6?;;;;;;/m00...1....../s1. The van der Waals surface area contributed by atoms with Crippen molar-refractivity contribution in [2.24, 2.45) is 121 Å². The molecule has 13 saturated carbocycles. The molecule has 13 rings (SSSR count). The molecule has 1 spiro atoms. The monoisotopic (exact) mass is 1010 g/mol. The highest BCUT2D eigenvalue weighted by Crippen LogP contribution is 2.70. The van der Waals surface area contributed by atoms with E-state index in [1.54, 1.807) is 19.3 Å². The van der Waals surface area contributed by atoms with Crippen molar-refractivity contribution in [1.29, 1.82) is 0 Å². The maximum Gasteiger partial charge on any atom is -0.0268 e. The van der Waals surface area contributed by atoms with Crippen LogP contribution in [0.3, 0.4) is 0 Å². The molecule has 430 valence electrons. The topological polar surface area (TPSA) is 0 Å². The zero-order valence-corrected chi connectivity index (χ0v) is 55.0. The van der Waals surface area contributed by atoms with Gasteiger partial charge in [-0.3, -0.25) is 0 Å². The molecule has 13 fully saturated rings. The van der Waals surface area contributed by atoms with E-state index < -0.39 is 0 Å². The molecule has 13 aliphatic carbocycles. The van der Waals surface area contributed by atoms with Gasteiger partial charge in [-0.15, -0.1) is 0 Å². The van der Waals surface area contributed by atoms with Gasteiger partial charge in [0.15, 0.2) is 0 Å². The van der Waals surface area contributed by atoms with Crippen LogP contribution in [0, 0.1) is 121 Å². The van der Waals surface area contributed by atoms with Crippen LogP contribution in [0.4, 0.5) is 0 Å². The third-order valence-electron chi connectivity index (χ3n) is 23.5. The molecule has 0 aliphatic heterocycles. The van der Waals surface area contributed by atoms with Crippen molar-refractivity contribution in [1.82, 2.24) is 0 Å². The van der Waals surface area contributed by atoms with Crippen molar-refractivity contribution >= 4 is 0 Å². The molecule has 0 amide bonds. The van der Waals surface area contributed by atoms with Crippen molar-refractivity contribution in [3.63, 3.8) is 0 Å². The summed E-state index contributed by atoms with van der Waals surface area (Å²) in [5.74, 6) is 15.8. The van der Waals surface area contributed by atoms with Crippen LogP contribution in [-0.4, -0.2) is 0 Å². The summed E-state index contributed by atoms with van der Waals surface area (Å²) in [5, 5.41) is 0. The van der Waals surface area contributed by atoms with Crippen LogP contribution in [0.5, 0.6) is 0 Å². The van der Waals surface area contributed by atoms with E-state index in [1.165, 1.54) is 148 Å². The molecule has 0 heterocycles. The average molecular weight is 1010 g/mol. The predicted octanol–water partition coefficient (Wildman–Crippen LogP) is 24.8. The van der Waals surface area contributed by atoms with Crippen LogP contribution in [-0.2, 0) is 0 Å². The Labute approximate surface area is 459 Å². The largest absolute Gasteiger partial charge is 0.0651 e. The van der Waals surface area contributed by atoms with Crippen LogP contribution in [0.1, 0.15) is 340 Å². The second-order valence-corrected chi connectivity index (χ2v) is 32.3. The average Bonchev–Trinajstić information content (AvgIpc) is 4.12. The molecule has 0 aromatic rings. The minimum absolute atomic E-state index is 0.708. The molecule has 0 saturated heterocycles. The lowest BCUT2D eigenvalue weighted by molar-refractivity contribution is 0.190. The third kappa shape index (κ3) is 29.1. The van der Waals surface area contributed by atoms with E-state index in [0.29, 0.717) is 10.8 Å². The lowest BCUT2D eigenvalue weighted by Gasteiger charge is -2.33. The van der Waals surface area contributed by atoms with Crippen LogP contribution in [0.15, 0.2) is 0 Å². The zero-order valence-electron chi connectivity index (χ0n) is 55.0. The van der Waals surface area contributed by atoms with Crippen LogP contribution >= 0.6 is 0 Å². The molecule has 0 aromatic carbocycles. The first-order valence-corrected chi connectivity index (χ1v) is 33.3. The fraction of sp³-hybridized carbons (Fsp3) is 1.00. The summed E-state index contributed by atoms with van der Waals surface area (Å²) >= 11 is 0. The van der Waals surface area contributed by atoms with Gasteiger partial charge in [-0.2, -0.15) is 0 Å². The Morgan fingerprint density at radius 3 is 0.639 bits per heavy atom. The van der Waals surface area contributed by atoms with Gasteiger partial charge in [0.25, 0.3) is 0 Å². The van der Waals surface area contributed by atoms with Crippen molar-refractivity contribution in [3.8, 4) is 0 Å². The minimum atomic E-state index is 0.708. The molecule has 0 aromatic heterocycles. The molecule has 72 heavy (non-hydrogen) atoms. The number of rotatable bonds is 5. The van der Waals surface area contributed by atoms with Gasteiger partial charge in [0.2, 0.25) is 0 Å². The van der Waals surface area contributed by atoms with Crippen molar-refractivity contribution < 1.29 is 0 Å². The Kier molecular flexibility index (Phi) is 28.7. The number of hydrogen-bond acceptors (Lipinski definition) is 0. The van der Waals surface area contributed by atoms with E-state index in [1.807, 2.05) is 0 Å². The molecule has 6 unspecified atom stereocenters. The Balaban J connectivity index is 0.000000269. The van der Waals surface area contributed by atoms with Gasteiger partial charge in [0.1, 0.15) is 0 Å². The van der Waals surface area contributed by atoms with Gasteiger partial charge in [0.05, 0.1) is 0 Å². The Hall–Kier alpha value is 0. The van der Waals surface area contributed by atoms with Crippen molar-refractivity contribution in [2.75, 3.05) is 0 Å². The maximum atomic E-state index is 2.37. The van der Waals surface area contributed by atoms with Gasteiger partial charge in [-0.05, 0) is 218 Å². The van der Waals surface area contributed by atoms with Gasteiger partial charge < -0.3 is 0 Å². The SMILES string of the molecule is CC1(C)CCC1.CC1C(C)C1C.CC1CC(C)C1.CC1CC1(C)C.CC1CC[C@H]1C.CCC1(C)CC1.CCC1(C)CC1.CCC1CC1C.CCC1CC1C.CCC1CCC1.C[C@H]1CC1(C)C.C[C@H]1CC12CC2. The Morgan fingerprint density at radius 1 is 0.347 bits per heavy atom. The Morgan fingerprint density at radius 2 is 0.639 bits per heavy atom. The van der Waals surface area contributed by atoms with E-state index in [2.05, 4.69) is 173 Å². The quantitative estimate of drug-likeness (QED) is 0.257. The Bertz CT molecular complexity index is 1240. The van der Waals surface area contributed by atoms with Crippen LogP contribution in [0.25, 0.3) is 0 Å². The second kappa shape index (κ2) is 30.4. The third-order valence-corrected chi connectivity index (χ3v) is 23.5. The first kappa shape index (κ1) is 68.1. The van der Waals surface area contributed by atoms with E-state index in [9.17, 15) is 0 Å². The van der Waals surface area contributed by atoms with E-state index in [4.69, 9.17) is 0 Å². The van der Waals surface area contributed by atoms with Crippen LogP contribution < -0.4 is 0 Å². The first-order valence-electron chi connectivity index (χ1n) is 33.3. The molecule has 0 N–H and O–H groups in total. The molecular weight excluding hydrogens is 865 g/mol. The second-order valence-electron chi connectivity index (χ2n) is 32.3. The summed E-state index contributed by atoms with van der Waals surface area (Å²) in [6.07, 6.45) is 38.2. The van der Waals surface area contributed by atoms with E-state index in [-0.39, 0.29) is 0 Å². The predicted molar refractivity (Wildman–Crippen MR) is 329 cm³/mol. The van der Waals surface area contributed by atoms with Gasteiger partial charge in [-0.1, -0.05) is 244 Å². The summed E-state index contributed by atoms with van der Waals surface area (Å²) in [6, 6.07) is 0. The first-order chi connectivity index (χ1) is 33.3. The summed E-state index contributed by atoms with van der Waals surface area (Å²) in [5.41, 5.74) is 4.68. The van der Waals surface area contributed by atoms with Crippen molar-refractivity contribution in [3.05, 3.63) is 0 Å². The highest BCUT2D eigenvalue weighted by molar-refractivity contribution is 5.10.